The Kier molecular flexibility index (Phi) is 7.37. The molecule has 0 saturated heterocycles. The maximum Gasteiger partial charge on any atom is 0.229 e. The van der Waals surface area contributed by atoms with Gasteiger partial charge in [0.15, 0.2) is 5.65 Å². The quantitative estimate of drug-likeness (QED) is 0.315. The minimum absolute atomic E-state index is 0.0222. The monoisotopic (exact) mass is 459 g/mol. The van der Waals surface area contributed by atoms with E-state index >= 15 is 0 Å². The van der Waals surface area contributed by atoms with Gasteiger partial charge in [0, 0.05) is 23.9 Å². The highest BCUT2D eigenvalue weighted by Crippen LogP contribution is 2.23. The Morgan fingerprint density at radius 2 is 1.79 bits per heavy atom. The van der Waals surface area contributed by atoms with Gasteiger partial charge in [-0.2, -0.15) is 19.6 Å². The summed E-state index contributed by atoms with van der Waals surface area (Å²) in [5, 5.41) is 21.1. The lowest BCUT2D eigenvalue weighted by Gasteiger charge is -2.19. The summed E-state index contributed by atoms with van der Waals surface area (Å²) < 4.78 is 1.75. The number of benzene rings is 1. The van der Waals surface area contributed by atoms with Crippen LogP contribution in [0.1, 0.15) is 51.2 Å². The van der Waals surface area contributed by atoms with Crippen molar-refractivity contribution in [1.29, 1.82) is 0 Å². The molecule has 0 aliphatic rings. The second-order valence-electron chi connectivity index (χ2n) is 9.28. The molecular weight excluding hydrogens is 426 g/mol. The van der Waals surface area contributed by atoms with Crippen LogP contribution < -0.4 is 10.6 Å². The van der Waals surface area contributed by atoms with Gasteiger partial charge in [-0.15, -0.1) is 0 Å². The van der Waals surface area contributed by atoms with Crippen LogP contribution in [0.3, 0.4) is 0 Å². The Morgan fingerprint density at radius 3 is 2.44 bits per heavy atom. The van der Waals surface area contributed by atoms with Gasteiger partial charge in [0.1, 0.15) is 0 Å². The van der Waals surface area contributed by atoms with Gasteiger partial charge in [0.25, 0.3) is 0 Å². The molecule has 3 N–H and O–H groups in total. The van der Waals surface area contributed by atoms with Crippen LogP contribution in [0, 0.1) is 5.92 Å². The zero-order valence-corrected chi connectivity index (χ0v) is 20.2. The molecule has 178 valence electrons. The van der Waals surface area contributed by atoms with Crippen LogP contribution in [-0.2, 0) is 6.54 Å². The number of rotatable bonds is 10. The molecule has 0 aliphatic heterocycles. The molecule has 0 fully saturated rings. The molecule has 4 aromatic rings. The Bertz CT molecular complexity index is 1200. The smallest absolute Gasteiger partial charge is 0.229 e. The van der Waals surface area contributed by atoms with E-state index in [0.717, 1.165) is 34.5 Å². The van der Waals surface area contributed by atoms with E-state index in [1.807, 2.05) is 24.4 Å². The SMILES string of the molecule is CC(C)CC(CO)Nc1nc(NCc2ccc(-c3ccccn3)cc2)n2ncc(C(C)C)c2n1. The number of aromatic nitrogens is 5. The maximum atomic E-state index is 9.82. The maximum absolute atomic E-state index is 9.82. The van der Waals surface area contributed by atoms with Crippen molar-refractivity contribution in [3.05, 3.63) is 66.0 Å². The molecule has 0 radical (unpaired) electrons. The lowest BCUT2D eigenvalue weighted by Crippen LogP contribution is -2.27. The Labute approximate surface area is 200 Å². The topological polar surface area (TPSA) is 100 Å². The second kappa shape index (κ2) is 10.6. The molecule has 1 unspecified atom stereocenters. The van der Waals surface area contributed by atoms with Crippen LogP contribution in [0.15, 0.2) is 54.9 Å². The predicted molar refractivity (Wildman–Crippen MR) is 136 cm³/mol. The summed E-state index contributed by atoms with van der Waals surface area (Å²) >= 11 is 0. The number of pyridine rings is 1. The van der Waals surface area contributed by atoms with Gasteiger partial charge in [0.05, 0.1) is 24.5 Å². The number of nitrogens with zero attached hydrogens (tertiary/aromatic N) is 5. The van der Waals surface area contributed by atoms with Crippen molar-refractivity contribution in [3.8, 4) is 11.3 Å². The minimum atomic E-state index is -0.111. The highest BCUT2D eigenvalue weighted by molar-refractivity contribution is 5.59. The fourth-order valence-electron chi connectivity index (χ4n) is 3.92. The third kappa shape index (κ3) is 5.51. The van der Waals surface area contributed by atoms with Gasteiger partial charge in [-0.05, 0) is 36.0 Å². The number of nitrogens with one attached hydrogen (secondary N) is 2. The fraction of sp³-hybridized carbons (Fsp3) is 0.385. The van der Waals surface area contributed by atoms with E-state index in [1.54, 1.807) is 10.7 Å². The first-order chi connectivity index (χ1) is 16.4. The largest absolute Gasteiger partial charge is 0.394 e. The first kappa shape index (κ1) is 23.6. The first-order valence-corrected chi connectivity index (χ1v) is 11.8. The molecule has 1 aromatic carbocycles. The minimum Gasteiger partial charge on any atom is -0.394 e. The molecule has 0 saturated carbocycles. The van der Waals surface area contributed by atoms with E-state index in [1.165, 1.54) is 0 Å². The summed E-state index contributed by atoms with van der Waals surface area (Å²) in [6.45, 7) is 9.12. The van der Waals surface area contributed by atoms with Crippen LogP contribution in [0.4, 0.5) is 11.9 Å². The summed E-state index contributed by atoms with van der Waals surface area (Å²) in [5.41, 5.74) is 4.96. The summed E-state index contributed by atoms with van der Waals surface area (Å²) in [5.74, 6) is 1.81. The molecule has 8 nitrogen and oxygen atoms in total. The van der Waals surface area contributed by atoms with E-state index in [9.17, 15) is 5.11 Å². The average molecular weight is 460 g/mol. The molecule has 8 heteroatoms. The summed E-state index contributed by atoms with van der Waals surface area (Å²) in [4.78, 5) is 13.8. The molecule has 0 amide bonds. The van der Waals surface area contributed by atoms with E-state index in [2.05, 4.69) is 72.7 Å². The van der Waals surface area contributed by atoms with E-state index in [-0.39, 0.29) is 18.6 Å². The van der Waals surface area contributed by atoms with Gasteiger partial charge in [-0.25, -0.2) is 0 Å². The third-order valence-electron chi connectivity index (χ3n) is 5.69. The average Bonchev–Trinajstić information content (AvgIpc) is 3.27. The van der Waals surface area contributed by atoms with Crippen LogP contribution in [0.25, 0.3) is 16.9 Å². The normalized spacial score (nSPS) is 12.4. The van der Waals surface area contributed by atoms with Crippen molar-refractivity contribution < 1.29 is 5.11 Å². The van der Waals surface area contributed by atoms with E-state index in [4.69, 9.17) is 9.97 Å². The molecule has 0 bridgehead atoms. The van der Waals surface area contributed by atoms with Crippen molar-refractivity contribution in [2.75, 3.05) is 17.2 Å². The van der Waals surface area contributed by atoms with Crippen LogP contribution in [0.2, 0.25) is 0 Å². The molecule has 4 rings (SSSR count). The zero-order valence-electron chi connectivity index (χ0n) is 20.2. The van der Waals surface area contributed by atoms with Crippen LogP contribution >= 0.6 is 0 Å². The highest BCUT2D eigenvalue weighted by atomic mass is 16.3. The first-order valence-electron chi connectivity index (χ1n) is 11.8. The van der Waals surface area contributed by atoms with Crippen molar-refractivity contribution >= 4 is 17.5 Å². The number of hydrogen-bond acceptors (Lipinski definition) is 7. The van der Waals surface area contributed by atoms with Crippen LogP contribution in [0.5, 0.6) is 0 Å². The van der Waals surface area contributed by atoms with Gasteiger partial charge in [0.2, 0.25) is 11.9 Å². The summed E-state index contributed by atoms with van der Waals surface area (Å²) in [6, 6.07) is 14.1. The molecule has 0 spiro atoms. The molecule has 34 heavy (non-hydrogen) atoms. The molecule has 3 heterocycles. The van der Waals surface area contributed by atoms with Gasteiger partial charge < -0.3 is 15.7 Å². The summed E-state index contributed by atoms with van der Waals surface area (Å²) in [7, 11) is 0. The van der Waals surface area contributed by atoms with E-state index in [0.29, 0.717) is 24.4 Å². The Balaban J connectivity index is 1.58. The zero-order chi connectivity index (χ0) is 24.1. The Hall–Kier alpha value is -3.52. The molecule has 0 aliphatic carbocycles. The third-order valence-corrected chi connectivity index (χ3v) is 5.69. The second-order valence-corrected chi connectivity index (χ2v) is 9.28. The van der Waals surface area contributed by atoms with Crippen molar-refractivity contribution in [1.82, 2.24) is 24.6 Å². The highest BCUT2D eigenvalue weighted by Gasteiger charge is 2.17. The van der Waals surface area contributed by atoms with Gasteiger partial charge in [-0.1, -0.05) is 58.0 Å². The predicted octanol–water partition coefficient (Wildman–Crippen LogP) is 4.74. The van der Waals surface area contributed by atoms with E-state index < -0.39 is 0 Å². The molecule has 3 aromatic heterocycles. The summed E-state index contributed by atoms with van der Waals surface area (Å²) in [6.07, 6.45) is 4.48. The fourth-order valence-corrected chi connectivity index (χ4v) is 3.92. The molecular formula is C26H33N7O. The van der Waals surface area contributed by atoms with Crippen molar-refractivity contribution in [2.45, 2.75) is 52.6 Å². The number of anilines is 2. The number of hydrogen-bond donors (Lipinski definition) is 3. The number of fused-ring (bicyclic) bond motifs is 1. The van der Waals surface area contributed by atoms with Crippen LogP contribution in [-0.4, -0.2) is 42.3 Å². The number of aliphatic hydroxyl groups excluding tert-OH is 1. The lowest BCUT2D eigenvalue weighted by atomic mass is 10.0. The standard InChI is InChI=1S/C26H33N7O/c1-17(2)13-21(16-34)30-25-31-24-22(18(3)4)15-29-33(24)26(32-25)28-14-19-8-10-20(11-9-19)23-7-5-6-12-27-23/h5-12,15,17-18,21,34H,13-14,16H2,1-4H3,(H2,28,30,31,32). The van der Waals surface area contributed by atoms with Crippen molar-refractivity contribution in [2.24, 2.45) is 5.92 Å². The number of aliphatic hydroxyl groups is 1. The van der Waals surface area contributed by atoms with Gasteiger partial charge >= 0.3 is 0 Å². The lowest BCUT2D eigenvalue weighted by molar-refractivity contribution is 0.259. The van der Waals surface area contributed by atoms with Crippen molar-refractivity contribution in [3.63, 3.8) is 0 Å². The molecule has 1 atom stereocenters. The van der Waals surface area contributed by atoms with Gasteiger partial charge in [-0.3, -0.25) is 4.98 Å². The Morgan fingerprint density at radius 1 is 1.00 bits per heavy atom.